The standard InChI is InChI=1S/C31H34N4O4/c1-21-29(33-31(38)39-22(2)25-12-8-5-9-13-25)30(34-35(21)3)26-16-14-24(15-17-26)20-32-27(19-28(36)37)18-23-10-6-4-7-11-23/h4-17,22,27,32H,18-20H2,1-3H3,(H,33,38)(H,36,37). The molecule has 3 N–H and O–H groups in total. The Bertz CT molecular complexity index is 1390. The summed E-state index contributed by atoms with van der Waals surface area (Å²) < 4.78 is 7.33. The first kappa shape index (κ1) is 27.6. The SMILES string of the molecule is Cc1c(NC(=O)OC(C)c2ccccc2)c(-c2ccc(CNC(CC(=O)O)Cc3ccccc3)cc2)nn1C. The van der Waals surface area contributed by atoms with Crippen molar-refractivity contribution < 1.29 is 19.4 Å². The predicted octanol–water partition coefficient (Wildman–Crippen LogP) is 5.88. The molecule has 0 radical (unpaired) electrons. The van der Waals surface area contributed by atoms with Gasteiger partial charge >= 0.3 is 12.1 Å². The molecule has 39 heavy (non-hydrogen) atoms. The first-order valence-electron chi connectivity index (χ1n) is 12.9. The third-order valence-electron chi connectivity index (χ3n) is 6.68. The number of hydrogen-bond acceptors (Lipinski definition) is 5. The molecule has 202 valence electrons. The topological polar surface area (TPSA) is 105 Å². The molecule has 2 unspecified atom stereocenters. The molecule has 1 heterocycles. The van der Waals surface area contributed by atoms with Gasteiger partial charge in [0.1, 0.15) is 11.8 Å². The van der Waals surface area contributed by atoms with Gasteiger partial charge in [-0.05, 0) is 37.0 Å². The molecular formula is C31H34N4O4. The van der Waals surface area contributed by atoms with Crippen molar-refractivity contribution in [3.63, 3.8) is 0 Å². The molecule has 0 fully saturated rings. The number of carbonyl (C=O) groups excluding carboxylic acids is 1. The highest BCUT2D eigenvalue weighted by Crippen LogP contribution is 2.30. The molecular weight excluding hydrogens is 492 g/mol. The zero-order chi connectivity index (χ0) is 27.8. The molecule has 3 aromatic carbocycles. The van der Waals surface area contributed by atoms with Gasteiger partial charge in [-0.3, -0.25) is 14.8 Å². The van der Waals surface area contributed by atoms with E-state index in [4.69, 9.17) is 4.74 Å². The number of ether oxygens (including phenoxy) is 1. The Morgan fingerprint density at radius 2 is 1.59 bits per heavy atom. The number of rotatable bonds is 11. The number of amides is 1. The molecule has 0 saturated carbocycles. The van der Waals surface area contributed by atoms with Crippen LogP contribution in [-0.4, -0.2) is 33.0 Å². The van der Waals surface area contributed by atoms with Gasteiger partial charge in [0.2, 0.25) is 0 Å². The number of carbonyl (C=O) groups is 2. The minimum absolute atomic E-state index is 0.0359. The smallest absolute Gasteiger partial charge is 0.412 e. The third kappa shape index (κ3) is 7.55. The first-order chi connectivity index (χ1) is 18.8. The molecule has 8 heteroatoms. The maximum Gasteiger partial charge on any atom is 0.412 e. The molecule has 0 saturated heterocycles. The van der Waals surface area contributed by atoms with Crippen LogP contribution in [0.1, 0.15) is 41.8 Å². The molecule has 4 aromatic rings. The van der Waals surface area contributed by atoms with Crippen LogP contribution in [0.4, 0.5) is 10.5 Å². The average molecular weight is 527 g/mol. The number of nitrogens with one attached hydrogen (secondary N) is 2. The number of aromatic nitrogens is 2. The van der Waals surface area contributed by atoms with Gasteiger partial charge in [0.05, 0.1) is 17.8 Å². The van der Waals surface area contributed by atoms with E-state index in [1.54, 1.807) is 4.68 Å². The van der Waals surface area contributed by atoms with Gasteiger partial charge in [-0.1, -0.05) is 84.9 Å². The summed E-state index contributed by atoms with van der Waals surface area (Å²) in [6, 6.07) is 27.1. The molecule has 4 rings (SSSR count). The van der Waals surface area contributed by atoms with Crippen LogP contribution in [0.2, 0.25) is 0 Å². The highest BCUT2D eigenvalue weighted by Gasteiger charge is 2.20. The Balaban J connectivity index is 1.42. The Kier molecular flexibility index (Phi) is 9.12. The second-order valence-electron chi connectivity index (χ2n) is 9.58. The van der Waals surface area contributed by atoms with Crippen molar-refractivity contribution in [3.8, 4) is 11.3 Å². The van der Waals surface area contributed by atoms with Crippen molar-refractivity contribution in [2.24, 2.45) is 7.05 Å². The summed E-state index contributed by atoms with van der Waals surface area (Å²) in [7, 11) is 1.83. The van der Waals surface area contributed by atoms with E-state index in [2.05, 4.69) is 15.7 Å². The first-order valence-corrected chi connectivity index (χ1v) is 12.9. The summed E-state index contributed by atoms with van der Waals surface area (Å²) in [5, 5.41) is 20.2. The zero-order valence-corrected chi connectivity index (χ0v) is 22.4. The lowest BCUT2D eigenvalue weighted by molar-refractivity contribution is -0.137. The van der Waals surface area contributed by atoms with Gasteiger partial charge < -0.3 is 15.2 Å². The lowest BCUT2D eigenvalue weighted by Crippen LogP contribution is -2.33. The Hall–Kier alpha value is -4.43. The molecule has 0 spiro atoms. The largest absolute Gasteiger partial charge is 0.481 e. The summed E-state index contributed by atoms with van der Waals surface area (Å²) in [5.41, 5.74) is 5.91. The maximum absolute atomic E-state index is 12.7. The molecule has 0 aliphatic heterocycles. The molecule has 1 amide bonds. The third-order valence-corrected chi connectivity index (χ3v) is 6.68. The van der Waals surface area contributed by atoms with Crippen LogP contribution in [0.3, 0.4) is 0 Å². The van der Waals surface area contributed by atoms with Crippen LogP contribution in [-0.2, 0) is 29.5 Å². The minimum Gasteiger partial charge on any atom is -0.481 e. The summed E-state index contributed by atoms with van der Waals surface area (Å²) in [5.74, 6) is -0.832. The average Bonchev–Trinajstić information content (AvgIpc) is 3.21. The summed E-state index contributed by atoms with van der Waals surface area (Å²) >= 11 is 0. The summed E-state index contributed by atoms with van der Waals surface area (Å²) in [6.07, 6.45) is -0.279. The molecule has 0 bridgehead atoms. The number of anilines is 1. The van der Waals surface area contributed by atoms with Crippen LogP contribution in [0.5, 0.6) is 0 Å². The number of carboxylic acids is 1. The normalized spacial score (nSPS) is 12.5. The van der Waals surface area contributed by atoms with E-state index in [9.17, 15) is 14.7 Å². The molecule has 0 aliphatic rings. The van der Waals surface area contributed by atoms with E-state index in [1.807, 2.05) is 106 Å². The van der Waals surface area contributed by atoms with E-state index in [0.29, 0.717) is 24.3 Å². The Labute approximate surface area is 228 Å². The fourth-order valence-corrected chi connectivity index (χ4v) is 4.41. The van der Waals surface area contributed by atoms with Crippen LogP contribution in [0.15, 0.2) is 84.9 Å². The van der Waals surface area contributed by atoms with E-state index in [0.717, 1.165) is 27.9 Å². The van der Waals surface area contributed by atoms with E-state index >= 15 is 0 Å². The fourth-order valence-electron chi connectivity index (χ4n) is 4.41. The van der Waals surface area contributed by atoms with Gasteiger partial charge in [0.15, 0.2) is 0 Å². The summed E-state index contributed by atoms with van der Waals surface area (Å²) in [6.45, 7) is 4.25. The molecule has 0 aliphatic carbocycles. The minimum atomic E-state index is -0.832. The van der Waals surface area contributed by atoms with Crippen molar-refractivity contribution >= 4 is 17.7 Å². The van der Waals surface area contributed by atoms with Crippen LogP contribution in [0.25, 0.3) is 11.3 Å². The van der Waals surface area contributed by atoms with E-state index in [1.165, 1.54) is 0 Å². The Morgan fingerprint density at radius 3 is 2.23 bits per heavy atom. The van der Waals surface area contributed by atoms with Gasteiger partial charge in [0.25, 0.3) is 0 Å². The number of nitrogens with zero attached hydrogens (tertiary/aromatic N) is 2. The number of carboxylic acid groups (broad SMARTS) is 1. The molecule has 2 atom stereocenters. The monoisotopic (exact) mass is 526 g/mol. The lowest BCUT2D eigenvalue weighted by Gasteiger charge is -2.17. The molecule has 1 aromatic heterocycles. The van der Waals surface area contributed by atoms with Gasteiger partial charge in [-0.25, -0.2) is 4.79 Å². The lowest BCUT2D eigenvalue weighted by atomic mass is 10.0. The number of aliphatic carboxylic acids is 1. The van der Waals surface area contributed by atoms with Crippen LogP contribution < -0.4 is 10.6 Å². The van der Waals surface area contributed by atoms with Crippen LogP contribution in [0, 0.1) is 6.92 Å². The van der Waals surface area contributed by atoms with E-state index < -0.39 is 18.2 Å². The zero-order valence-electron chi connectivity index (χ0n) is 22.4. The van der Waals surface area contributed by atoms with Crippen LogP contribution >= 0.6 is 0 Å². The van der Waals surface area contributed by atoms with Gasteiger partial charge in [0, 0.05) is 25.2 Å². The van der Waals surface area contributed by atoms with Crippen molar-refractivity contribution in [1.29, 1.82) is 0 Å². The molecule has 8 nitrogen and oxygen atoms in total. The summed E-state index contributed by atoms with van der Waals surface area (Å²) in [4.78, 5) is 24.1. The highest BCUT2D eigenvalue weighted by atomic mass is 16.6. The number of benzene rings is 3. The maximum atomic E-state index is 12.7. The van der Waals surface area contributed by atoms with Gasteiger partial charge in [-0.15, -0.1) is 0 Å². The van der Waals surface area contributed by atoms with Gasteiger partial charge in [-0.2, -0.15) is 5.10 Å². The number of hydrogen-bond donors (Lipinski definition) is 3. The van der Waals surface area contributed by atoms with Crippen molar-refractivity contribution in [3.05, 3.63) is 107 Å². The van der Waals surface area contributed by atoms with Crippen molar-refractivity contribution in [2.75, 3.05) is 5.32 Å². The quantitative estimate of drug-likeness (QED) is 0.225. The van der Waals surface area contributed by atoms with Crippen molar-refractivity contribution in [2.45, 2.75) is 45.4 Å². The van der Waals surface area contributed by atoms with Crippen molar-refractivity contribution in [1.82, 2.24) is 15.1 Å². The predicted molar refractivity (Wildman–Crippen MR) is 151 cm³/mol. The second kappa shape index (κ2) is 12.9. The Morgan fingerprint density at radius 1 is 0.949 bits per heavy atom. The van der Waals surface area contributed by atoms with E-state index in [-0.39, 0.29) is 12.5 Å². The highest BCUT2D eigenvalue weighted by molar-refractivity contribution is 5.91. The second-order valence-corrected chi connectivity index (χ2v) is 9.58. The fraction of sp³-hybridized carbons (Fsp3) is 0.258. The number of aryl methyl sites for hydroxylation is 1.